The number of carbonyl (C=O) groups is 1. The van der Waals surface area contributed by atoms with Crippen molar-refractivity contribution in [3.05, 3.63) is 0 Å². The van der Waals surface area contributed by atoms with Gasteiger partial charge in [-0.2, -0.15) is 0 Å². The van der Waals surface area contributed by atoms with E-state index in [1.165, 1.54) is 25.7 Å². The van der Waals surface area contributed by atoms with Gasteiger partial charge in [0.15, 0.2) is 0 Å². The van der Waals surface area contributed by atoms with Crippen molar-refractivity contribution in [1.29, 1.82) is 0 Å². The highest BCUT2D eigenvalue weighted by atomic mass is 16.5. The summed E-state index contributed by atoms with van der Waals surface area (Å²) in [6.45, 7) is 7.73. The lowest BCUT2D eigenvalue weighted by Gasteiger charge is -2.31. The molecule has 1 aliphatic rings. The molecule has 0 heterocycles. The minimum Gasteiger partial charge on any atom is -0.466 e. The fourth-order valence-corrected chi connectivity index (χ4v) is 2.60. The van der Waals surface area contributed by atoms with Crippen molar-refractivity contribution in [2.75, 3.05) is 13.2 Å². The van der Waals surface area contributed by atoms with Crippen LogP contribution >= 0.6 is 0 Å². The molecule has 0 radical (unpaired) electrons. The standard InChI is InChI=1S/C14H27NO2/c1-4-17-14(16)9-10-15-13-7-5-12(6-8-13)11(2)3/h11-13,15H,4-10H2,1-3H3. The van der Waals surface area contributed by atoms with Gasteiger partial charge in [-0.3, -0.25) is 4.79 Å². The molecule has 3 nitrogen and oxygen atoms in total. The summed E-state index contributed by atoms with van der Waals surface area (Å²) in [6.07, 6.45) is 5.67. The molecule has 0 saturated heterocycles. The number of carbonyl (C=O) groups excluding carboxylic acids is 1. The Labute approximate surface area is 105 Å². The van der Waals surface area contributed by atoms with Gasteiger partial charge in [0.1, 0.15) is 0 Å². The van der Waals surface area contributed by atoms with Crippen LogP contribution in [0, 0.1) is 11.8 Å². The third-order valence-corrected chi connectivity index (χ3v) is 3.78. The van der Waals surface area contributed by atoms with Crippen LogP contribution in [0.5, 0.6) is 0 Å². The number of esters is 1. The van der Waals surface area contributed by atoms with E-state index in [2.05, 4.69) is 19.2 Å². The summed E-state index contributed by atoms with van der Waals surface area (Å²) in [5.74, 6) is 1.63. The quantitative estimate of drug-likeness (QED) is 0.727. The van der Waals surface area contributed by atoms with Gasteiger partial charge in [0.2, 0.25) is 0 Å². The first-order chi connectivity index (χ1) is 8.13. The number of hydrogen-bond acceptors (Lipinski definition) is 3. The van der Waals surface area contributed by atoms with E-state index >= 15 is 0 Å². The Morgan fingerprint density at radius 2 is 1.94 bits per heavy atom. The summed E-state index contributed by atoms with van der Waals surface area (Å²) in [4.78, 5) is 11.2. The summed E-state index contributed by atoms with van der Waals surface area (Å²) in [5, 5.41) is 3.47. The largest absolute Gasteiger partial charge is 0.466 e. The van der Waals surface area contributed by atoms with E-state index in [1.54, 1.807) is 0 Å². The summed E-state index contributed by atoms with van der Waals surface area (Å²) < 4.78 is 4.90. The highest BCUT2D eigenvalue weighted by Gasteiger charge is 2.22. The minimum absolute atomic E-state index is 0.0872. The second-order valence-electron chi connectivity index (χ2n) is 5.36. The van der Waals surface area contributed by atoms with Gasteiger partial charge in [0, 0.05) is 12.6 Å². The fourth-order valence-electron chi connectivity index (χ4n) is 2.60. The van der Waals surface area contributed by atoms with Gasteiger partial charge in [0.05, 0.1) is 13.0 Å². The number of ether oxygens (including phenoxy) is 1. The topological polar surface area (TPSA) is 38.3 Å². The lowest BCUT2D eigenvalue weighted by atomic mass is 9.80. The molecule has 0 atom stereocenters. The molecule has 1 saturated carbocycles. The first kappa shape index (κ1) is 14.5. The highest BCUT2D eigenvalue weighted by molar-refractivity contribution is 5.69. The normalized spacial score (nSPS) is 24.9. The lowest BCUT2D eigenvalue weighted by molar-refractivity contribution is -0.143. The van der Waals surface area contributed by atoms with E-state index in [1.807, 2.05) is 6.92 Å². The van der Waals surface area contributed by atoms with Crippen LogP contribution in [0.15, 0.2) is 0 Å². The number of hydrogen-bond donors (Lipinski definition) is 1. The van der Waals surface area contributed by atoms with Crippen LogP contribution in [-0.2, 0) is 9.53 Å². The first-order valence-electron chi connectivity index (χ1n) is 7.02. The van der Waals surface area contributed by atoms with Crippen molar-refractivity contribution in [2.45, 2.75) is 58.9 Å². The maximum Gasteiger partial charge on any atom is 0.307 e. The number of rotatable bonds is 6. The van der Waals surface area contributed by atoms with Gasteiger partial charge in [-0.1, -0.05) is 13.8 Å². The maximum absolute atomic E-state index is 11.2. The SMILES string of the molecule is CCOC(=O)CCNC1CCC(C(C)C)CC1. The van der Waals surface area contributed by atoms with E-state index in [0.717, 1.165) is 18.4 Å². The molecule has 1 rings (SSSR count). The first-order valence-corrected chi connectivity index (χ1v) is 7.02. The van der Waals surface area contributed by atoms with Crippen molar-refractivity contribution in [2.24, 2.45) is 11.8 Å². The van der Waals surface area contributed by atoms with E-state index in [9.17, 15) is 4.79 Å². The maximum atomic E-state index is 11.2. The summed E-state index contributed by atoms with van der Waals surface area (Å²) in [6, 6.07) is 0.611. The van der Waals surface area contributed by atoms with Gasteiger partial charge in [-0.15, -0.1) is 0 Å². The Bertz CT molecular complexity index is 220. The van der Waals surface area contributed by atoms with Crippen LogP contribution in [-0.4, -0.2) is 25.2 Å². The molecule has 1 aliphatic carbocycles. The van der Waals surface area contributed by atoms with Crippen LogP contribution in [0.4, 0.5) is 0 Å². The predicted octanol–water partition coefficient (Wildman–Crippen LogP) is 2.74. The van der Waals surface area contributed by atoms with E-state index in [-0.39, 0.29) is 5.97 Å². The average molecular weight is 241 g/mol. The molecule has 3 heteroatoms. The third kappa shape index (κ3) is 5.53. The summed E-state index contributed by atoms with van der Waals surface area (Å²) >= 11 is 0. The molecule has 0 aromatic rings. The van der Waals surface area contributed by atoms with Gasteiger partial charge in [0.25, 0.3) is 0 Å². The van der Waals surface area contributed by atoms with E-state index < -0.39 is 0 Å². The Hall–Kier alpha value is -0.570. The molecule has 0 aliphatic heterocycles. The van der Waals surface area contributed by atoms with Crippen molar-refractivity contribution >= 4 is 5.97 Å². The van der Waals surface area contributed by atoms with E-state index in [4.69, 9.17) is 4.74 Å². The van der Waals surface area contributed by atoms with Crippen molar-refractivity contribution < 1.29 is 9.53 Å². The Morgan fingerprint density at radius 3 is 2.47 bits per heavy atom. The average Bonchev–Trinajstić information content (AvgIpc) is 2.30. The van der Waals surface area contributed by atoms with Gasteiger partial charge >= 0.3 is 5.97 Å². The van der Waals surface area contributed by atoms with Crippen LogP contribution in [0.25, 0.3) is 0 Å². The summed E-state index contributed by atoms with van der Waals surface area (Å²) in [7, 11) is 0. The molecule has 17 heavy (non-hydrogen) atoms. The molecular formula is C14H27NO2. The molecule has 0 aromatic carbocycles. The van der Waals surface area contributed by atoms with Crippen molar-refractivity contribution in [3.63, 3.8) is 0 Å². The molecule has 1 N–H and O–H groups in total. The zero-order valence-electron chi connectivity index (χ0n) is 11.5. The molecule has 100 valence electrons. The van der Waals surface area contributed by atoms with Crippen LogP contribution in [0.2, 0.25) is 0 Å². The van der Waals surface area contributed by atoms with Gasteiger partial charge in [-0.05, 0) is 44.4 Å². The smallest absolute Gasteiger partial charge is 0.307 e. The Balaban J connectivity index is 2.08. The molecule has 0 bridgehead atoms. The highest BCUT2D eigenvalue weighted by Crippen LogP contribution is 2.29. The van der Waals surface area contributed by atoms with Crippen LogP contribution in [0.3, 0.4) is 0 Å². The Kier molecular flexibility index (Phi) is 6.56. The van der Waals surface area contributed by atoms with Crippen LogP contribution in [0.1, 0.15) is 52.9 Å². The molecular weight excluding hydrogens is 214 g/mol. The lowest BCUT2D eigenvalue weighted by Crippen LogP contribution is -2.35. The number of nitrogens with one attached hydrogen (secondary N) is 1. The van der Waals surface area contributed by atoms with Gasteiger partial charge < -0.3 is 10.1 Å². The predicted molar refractivity (Wildman–Crippen MR) is 69.8 cm³/mol. The second kappa shape index (κ2) is 7.70. The molecule has 0 amide bonds. The second-order valence-corrected chi connectivity index (χ2v) is 5.36. The van der Waals surface area contributed by atoms with Crippen LogP contribution < -0.4 is 5.32 Å². The Morgan fingerprint density at radius 1 is 1.29 bits per heavy atom. The third-order valence-electron chi connectivity index (χ3n) is 3.78. The molecule has 0 aromatic heterocycles. The zero-order valence-corrected chi connectivity index (χ0v) is 11.5. The molecule has 1 fully saturated rings. The van der Waals surface area contributed by atoms with Gasteiger partial charge in [-0.25, -0.2) is 0 Å². The molecule has 0 spiro atoms. The van der Waals surface area contributed by atoms with Crippen molar-refractivity contribution in [3.8, 4) is 0 Å². The van der Waals surface area contributed by atoms with Crippen molar-refractivity contribution in [1.82, 2.24) is 5.32 Å². The van der Waals surface area contributed by atoms with E-state index in [0.29, 0.717) is 19.1 Å². The monoisotopic (exact) mass is 241 g/mol. The summed E-state index contributed by atoms with van der Waals surface area (Å²) in [5.41, 5.74) is 0. The minimum atomic E-state index is -0.0872. The fraction of sp³-hybridized carbons (Fsp3) is 0.929. The zero-order chi connectivity index (χ0) is 12.7. The molecule has 0 unspecified atom stereocenters.